The maximum atomic E-state index is 13.0. The first-order chi connectivity index (χ1) is 13.1. The lowest BCUT2D eigenvalue weighted by Gasteiger charge is -2.16. The van der Waals surface area contributed by atoms with E-state index in [-0.39, 0.29) is 5.82 Å². The number of benzene rings is 1. The Labute approximate surface area is 161 Å². The lowest BCUT2D eigenvalue weighted by Crippen LogP contribution is -2.07. The molecule has 4 nitrogen and oxygen atoms in total. The van der Waals surface area contributed by atoms with Crippen LogP contribution in [0.2, 0.25) is 0 Å². The van der Waals surface area contributed by atoms with E-state index >= 15 is 0 Å². The minimum atomic E-state index is -0.174. The van der Waals surface area contributed by atoms with Crippen LogP contribution >= 0.6 is 0 Å². The van der Waals surface area contributed by atoms with E-state index in [4.69, 9.17) is 0 Å². The molecule has 1 aromatic heterocycles. The van der Waals surface area contributed by atoms with Crippen LogP contribution in [0.25, 0.3) is 0 Å². The molecule has 1 aliphatic heterocycles. The number of anilines is 1. The predicted octanol–water partition coefficient (Wildman–Crippen LogP) is 5.10. The van der Waals surface area contributed by atoms with E-state index in [9.17, 15) is 9.18 Å². The van der Waals surface area contributed by atoms with Gasteiger partial charge in [-0.3, -0.25) is 14.7 Å². The van der Waals surface area contributed by atoms with Crippen molar-refractivity contribution in [3.63, 3.8) is 0 Å². The summed E-state index contributed by atoms with van der Waals surface area (Å²) in [6.07, 6.45) is 8.66. The largest absolute Gasteiger partial charge is 0.329 e. The van der Waals surface area contributed by atoms with Gasteiger partial charge in [-0.2, -0.15) is 0 Å². The number of carbonyl (C=O) groups is 1. The minimum absolute atomic E-state index is 0.174. The molecule has 0 saturated heterocycles. The average Bonchev–Trinajstić information content (AvgIpc) is 3.05. The second-order valence-electron chi connectivity index (χ2n) is 7.09. The summed E-state index contributed by atoms with van der Waals surface area (Å²) in [7, 11) is 1.97. The Hall–Kier alpha value is -2.27. The number of amides is 1. The molecule has 0 unspecified atom stereocenters. The zero-order chi connectivity index (χ0) is 19.6. The lowest BCUT2D eigenvalue weighted by molar-refractivity contribution is -0.105. The molecule has 2 heterocycles. The van der Waals surface area contributed by atoms with Gasteiger partial charge >= 0.3 is 0 Å². The minimum Gasteiger partial charge on any atom is -0.329 e. The van der Waals surface area contributed by atoms with Gasteiger partial charge in [0, 0.05) is 30.5 Å². The zero-order valence-corrected chi connectivity index (χ0v) is 16.5. The highest BCUT2D eigenvalue weighted by molar-refractivity contribution is 5.71. The fraction of sp³-hybridized carbons (Fsp3) is 0.455. The number of nitrogens with one attached hydrogen (secondary N) is 1. The summed E-state index contributed by atoms with van der Waals surface area (Å²) < 4.78 is 13.0. The van der Waals surface area contributed by atoms with Crippen LogP contribution in [0.15, 0.2) is 36.7 Å². The monoisotopic (exact) mass is 371 g/mol. The highest BCUT2D eigenvalue weighted by Gasteiger charge is 2.18. The van der Waals surface area contributed by atoms with Crippen molar-refractivity contribution < 1.29 is 9.18 Å². The summed E-state index contributed by atoms with van der Waals surface area (Å²) in [6.45, 7) is 5.99. The second kappa shape index (κ2) is 10.8. The predicted molar refractivity (Wildman–Crippen MR) is 108 cm³/mol. The van der Waals surface area contributed by atoms with Crippen molar-refractivity contribution in [3.8, 4) is 0 Å². The molecule has 146 valence electrons. The van der Waals surface area contributed by atoms with Crippen molar-refractivity contribution >= 4 is 12.1 Å². The first-order valence-electron chi connectivity index (χ1n) is 9.68. The molecule has 27 heavy (non-hydrogen) atoms. The van der Waals surface area contributed by atoms with Crippen molar-refractivity contribution in [1.29, 1.82) is 0 Å². The van der Waals surface area contributed by atoms with Gasteiger partial charge < -0.3 is 5.32 Å². The fourth-order valence-electron chi connectivity index (χ4n) is 3.53. The molecule has 0 saturated carbocycles. The van der Waals surface area contributed by atoms with Crippen LogP contribution in [-0.4, -0.2) is 23.3 Å². The van der Waals surface area contributed by atoms with Gasteiger partial charge in [0.2, 0.25) is 6.41 Å². The Morgan fingerprint density at radius 3 is 2.37 bits per heavy atom. The molecule has 0 bridgehead atoms. The van der Waals surface area contributed by atoms with Crippen molar-refractivity contribution in [1.82, 2.24) is 9.88 Å². The molecule has 1 aromatic carbocycles. The molecule has 1 aliphatic rings. The second-order valence-corrected chi connectivity index (χ2v) is 7.09. The number of rotatable bonds is 7. The van der Waals surface area contributed by atoms with Crippen molar-refractivity contribution in [3.05, 3.63) is 59.2 Å². The number of hydrogen-bond donors (Lipinski definition) is 1. The van der Waals surface area contributed by atoms with Gasteiger partial charge in [-0.25, -0.2) is 4.39 Å². The van der Waals surface area contributed by atoms with Crippen LogP contribution in [0.5, 0.6) is 0 Å². The molecule has 0 spiro atoms. The standard InChI is InChI=1S/C14H21NO.C8H9FN2/c1-3-5-12(6-4-2)13-7-9-14(10-8-13)15-11-16;1-11-4-6-2-10-3-8(9)7(6)5-11/h7-12H,3-6H2,1-2H3,(H,15,16);2-3H,4-5H2,1H3. The zero-order valence-electron chi connectivity index (χ0n) is 16.5. The van der Waals surface area contributed by atoms with Crippen LogP contribution in [0, 0.1) is 5.82 Å². The van der Waals surface area contributed by atoms with Crippen LogP contribution in [0.1, 0.15) is 62.1 Å². The molecule has 3 rings (SSSR count). The van der Waals surface area contributed by atoms with Gasteiger partial charge in [0.05, 0.1) is 6.20 Å². The number of nitrogens with zero attached hydrogens (tertiary/aromatic N) is 2. The van der Waals surface area contributed by atoms with Crippen LogP contribution < -0.4 is 5.32 Å². The Balaban J connectivity index is 0.000000206. The third kappa shape index (κ3) is 6.14. The third-order valence-electron chi connectivity index (χ3n) is 4.84. The Bertz CT molecular complexity index is 712. The van der Waals surface area contributed by atoms with Crippen LogP contribution in [0.4, 0.5) is 10.1 Å². The van der Waals surface area contributed by atoms with Gasteiger partial charge in [-0.1, -0.05) is 38.8 Å². The number of carbonyl (C=O) groups excluding carboxylic acids is 1. The Kier molecular flexibility index (Phi) is 8.40. The summed E-state index contributed by atoms with van der Waals surface area (Å²) in [5.41, 5.74) is 4.08. The maximum Gasteiger partial charge on any atom is 0.211 e. The van der Waals surface area contributed by atoms with Gasteiger partial charge in [0.25, 0.3) is 0 Å². The van der Waals surface area contributed by atoms with Crippen molar-refractivity contribution in [2.45, 2.75) is 58.5 Å². The quantitative estimate of drug-likeness (QED) is 0.688. The van der Waals surface area contributed by atoms with E-state index in [0.717, 1.165) is 23.4 Å². The first-order valence-corrected chi connectivity index (χ1v) is 9.68. The molecule has 0 aliphatic carbocycles. The van der Waals surface area contributed by atoms with Crippen LogP contribution in [0.3, 0.4) is 0 Å². The highest BCUT2D eigenvalue weighted by atomic mass is 19.1. The summed E-state index contributed by atoms with van der Waals surface area (Å²) >= 11 is 0. The normalized spacial score (nSPS) is 13.1. The number of pyridine rings is 1. The van der Waals surface area contributed by atoms with Gasteiger partial charge in [-0.15, -0.1) is 0 Å². The number of aromatic nitrogens is 1. The molecule has 0 atom stereocenters. The molecule has 2 aromatic rings. The topological polar surface area (TPSA) is 45.2 Å². The smallest absolute Gasteiger partial charge is 0.211 e. The van der Waals surface area contributed by atoms with E-state index in [0.29, 0.717) is 18.9 Å². The maximum absolute atomic E-state index is 13.0. The Morgan fingerprint density at radius 1 is 1.15 bits per heavy atom. The van der Waals surface area contributed by atoms with E-state index in [1.54, 1.807) is 6.20 Å². The summed E-state index contributed by atoms with van der Waals surface area (Å²) in [4.78, 5) is 16.1. The number of halogens is 1. The fourth-order valence-corrected chi connectivity index (χ4v) is 3.53. The van der Waals surface area contributed by atoms with E-state index < -0.39 is 0 Å². The number of fused-ring (bicyclic) bond motifs is 1. The Morgan fingerprint density at radius 2 is 1.81 bits per heavy atom. The number of hydrogen-bond acceptors (Lipinski definition) is 3. The van der Waals surface area contributed by atoms with Gasteiger partial charge in [0.15, 0.2) is 0 Å². The van der Waals surface area contributed by atoms with Gasteiger partial charge in [-0.05, 0) is 49.1 Å². The summed E-state index contributed by atoms with van der Waals surface area (Å²) in [5.74, 6) is 0.493. The molecule has 0 radical (unpaired) electrons. The molecular formula is C22H30FN3O. The molecule has 1 N–H and O–H groups in total. The first kappa shape index (κ1) is 21.0. The van der Waals surface area contributed by atoms with E-state index in [1.807, 2.05) is 19.2 Å². The molecule has 0 fully saturated rings. The van der Waals surface area contributed by atoms with Crippen molar-refractivity contribution in [2.24, 2.45) is 0 Å². The third-order valence-corrected chi connectivity index (χ3v) is 4.84. The van der Waals surface area contributed by atoms with E-state index in [1.165, 1.54) is 37.4 Å². The highest BCUT2D eigenvalue weighted by Crippen LogP contribution is 2.27. The lowest BCUT2D eigenvalue weighted by atomic mass is 9.90. The SMILES string of the molecule is CCCC(CCC)c1ccc(NC=O)cc1.CN1Cc2cncc(F)c2C1. The summed E-state index contributed by atoms with van der Waals surface area (Å²) in [6, 6.07) is 8.20. The van der Waals surface area contributed by atoms with Crippen molar-refractivity contribution in [2.75, 3.05) is 12.4 Å². The average molecular weight is 372 g/mol. The van der Waals surface area contributed by atoms with Gasteiger partial charge in [0.1, 0.15) is 5.82 Å². The van der Waals surface area contributed by atoms with E-state index in [2.05, 4.69) is 41.2 Å². The summed E-state index contributed by atoms with van der Waals surface area (Å²) in [5, 5.41) is 2.66. The molecule has 1 amide bonds. The molecular weight excluding hydrogens is 341 g/mol. The molecule has 5 heteroatoms. The van der Waals surface area contributed by atoms with Crippen LogP contribution in [-0.2, 0) is 17.9 Å².